The molecule has 1 unspecified atom stereocenters. The number of benzene rings is 1. The minimum absolute atomic E-state index is 0.0368. The van der Waals surface area contributed by atoms with Gasteiger partial charge in [0.2, 0.25) is 5.91 Å². The van der Waals surface area contributed by atoms with Gasteiger partial charge in [-0.3, -0.25) is 14.2 Å². The second-order valence-electron chi connectivity index (χ2n) is 6.53. The first-order chi connectivity index (χ1) is 13.3. The third-order valence-corrected chi connectivity index (χ3v) is 5.69. The van der Waals surface area contributed by atoms with Gasteiger partial charge in [-0.2, -0.15) is 0 Å². The SMILES string of the molecule is CCC(C)n1c(SCC(=O)Nc2cc(Cl)cc(Cl)c2)nc2cc(C)[nH]c2c1=O. The standard InChI is InChI=1S/C19H20Cl2N4O2S/c1-4-11(3)25-18(27)17-15(5-10(2)22-17)24-19(25)28-9-16(26)23-14-7-12(20)6-13(21)8-14/h5-8,11,22H,4,9H2,1-3H3,(H,23,26). The highest BCUT2D eigenvalue weighted by Crippen LogP contribution is 2.25. The van der Waals surface area contributed by atoms with Gasteiger partial charge in [-0.05, 0) is 44.5 Å². The summed E-state index contributed by atoms with van der Waals surface area (Å²) in [7, 11) is 0. The summed E-state index contributed by atoms with van der Waals surface area (Å²) in [6.45, 7) is 5.85. The summed E-state index contributed by atoms with van der Waals surface area (Å²) < 4.78 is 1.65. The fourth-order valence-electron chi connectivity index (χ4n) is 2.82. The van der Waals surface area contributed by atoms with Crippen molar-refractivity contribution in [3.8, 4) is 0 Å². The van der Waals surface area contributed by atoms with Crippen LogP contribution in [0.4, 0.5) is 5.69 Å². The van der Waals surface area contributed by atoms with Crippen molar-refractivity contribution in [3.63, 3.8) is 0 Å². The molecule has 3 aromatic rings. The van der Waals surface area contributed by atoms with Crippen LogP contribution in [0.15, 0.2) is 34.2 Å². The first-order valence-corrected chi connectivity index (χ1v) is 10.5. The van der Waals surface area contributed by atoms with Crippen LogP contribution in [-0.2, 0) is 4.79 Å². The van der Waals surface area contributed by atoms with Gasteiger partial charge in [-0.1, -0.05) is 41.9 Å². The Labute approximate surface area is 176 Å². The molecule has 2 heterocycles. The summed E-state index contributed by atoms with van der Waals surface area (Å²) in [6, 6.07) is 6.63. The van der Waals surface area contributed by atoms with E-state index < -0.39 is 0 Å². The van der Waals surface area contributed by atoms with Crippen LogP contribution in [0.1, 0.15) is 32.0 Å². The molecule has 3 rings (SSSR count). The number of aryl methyl sites for hydroxylation is 1. The number of amides is 1. The van der Waals surface area contributed by atoms with Gasteiger partial charge in [-0.25, -0.2) is 4.98 Å². The van der Waals surface area contributed by atoms with Crippen LogP contribution in [-0.4, -0.2) is 26.2 Å². The molecule has 6 nitrogen and oxygen atoms in total. The lowest BCUT2D eigenvalue weighted by Crippen LogP contribution is -2.26. The maximum absolute atomic E-state index is 12.9. The minimum atomic E-state index is -0.237. The molecule has 0 spiro atoms. The molecular weight excluding hydrogens is 419 g/mol. The molecule has 0 fully saturated rings. The zero-order valence-corrected chi connectivity index (χ0v) is 18.0. The van der Waals surface area contributed by atoms with Crippen LogP contribution >= 0.6 is 35.0 Å². The quantitative estimate of drug-likeness (QED) is 0.417. The van der Waals surface area contributed by atoms with Gasteiger partial charge in [-0.15, -0.1) is 0 Å². The number of carbonyl (C=O) groups excluding carboxylic acids is 1. The van der Waals surface area contributed by atoms with Gasteiger partial charge >= 0.3 is 0 Å². The van der Waals surface area contributed by atoms with E-state index in [9.17, 15) is 9.59 Å². The van der Waals surface area contributed by atoms with E-state index in [0.29, 0.717) is 31.9 Å². The van der Waals surface area contributed by atoms with E-state index in [4.69, 9.17) is 23.2 Å². The monoisotopic (exact) mass is 438 g/mol. The Kier molecular flexibility index (Phi) is 6.37. The van der Waals surface area contributed by atoms with Crippen molar-refractivity contribution in [2.45, 2.75) is 38.4 Å². The number of carbonyl (C=O) groups is 1. The average Bonchev–Trinajstić information content (AvgIpc) is 2.99. The Morgan fingerprint density at radius 2 is 1.96 bits per heavy atom. The molecule has 9 heteroatoms. The number of nitrogens with one attached hydrogen (secondary N) is 2. The van der Waals surface area contributed by atoms with E-state index in [1.807, 2.05) is 26.8 Å². The fourth-order valence-corrected chi connectivity index (χ4v) is 4.24. The Hall–Kier alpha value is -1.96. The van der Waals surface area contributed by atoms with E-state index in [1.54, 1.807) is 22.8 Å². The summed E-state index contributed by atoms with van der Waals surface area (Å²) in [6.07, 6.45) is 0.771. The molecule has 148 valence electrons. The summed E-state index contributed by atoms with van der Waals surface area (Å²) >= 11 is 13.1. The molecule has 2 N–H and O–H groups in total. The lowest BCUT2D eigenvalue weighted by Gasteiger charge is -2.17. The Morgan fingerprint density at radius 1 is 1.29 bits per heavy atom. The highest BCUT2D eigenvalue weighted by Gasteiger charge is 2.18. The van der Waals surface area contributed by atoms with E-state index >= 15 is 0 Å². The number of thioether (sulfide) groups is 1. The summed E-state index contributed by atoms with van der Waals surface area (Å²) in [4.78, 5) is 33.0. The number of H-pyrrole nitrogens is 1. The molecule has 0 radical (unpaired) electrons. The highest BCUT2D eigenvalue weighted by atomic mass is 35.5. The summed E-state index contributed by atoms with van der Waals surface area (Å²) in [5.41, 5.74) is 2.35. The molecule has 0 saturated heterocycles. The van der Waals surface area contributed by atoms with E-state index in [0.717, 1.165) is 12.1 Å². The molecule has 1 atom stereocenters. The maximum Gasteiger partial charge on any atom is 0.278 e. The lowest BCUT2D eigenvalue weighted by molar-refractivity contribution is -0.113. The van der Waals surface area contributed by atoms with Gasteiger partial charge < -0.3 is 10.3 Å². The van der Waals surface area contributed by atoms with E-state index in [2.05, 4.69) is 15.3 Å². The van der Waals surface area contributed by atoms with Gasteiger partial charge in [0.15, 0.2) is 5.16 Å². The lowest BCUT2D eigenvalue weighted by atomic mass is 10.2. The van der Waals surface area contributed by atoms with Gasteiger partial charge in [0.1, 0.15) is 5.52 Å². The predicted octanol–water partition coefficient (Wildman–Crippen LogP) is 5.04. The number of rotatable bonds is 6. The second-order valence-corrected chi connectivity index (χ2v) is 8.35. The number of halogens is 2. The Bertz CT molecular complexity index is 1070. The number of hydrogen-bond donors (Lipinski definition) is 2. The maximum atomic E-state index is 12.9. The predicted molar refractivity (Wildman–Crippen MR) is 116 cm³/mol. The Morgan fingerprint density at radius 3 is 2.61 bits per heavy atom. The summed E-state index contributed by atoms with van der Waals surface area (Å²) in [5.74, 6) is -0.138. The van der Waals surface area contributed by atoms with Gasteiger partial charge in [0, 0.05) is 27.5 Å². The van der Waals surface area contributed by atoms with Crippen LogP contribution in [0.3, 0.4) is 0 Å². The topological polar surface area (TPSA) is 79.8 Å². The smallest absolute Gasteiger partial charge is 0.278 e. The Balaban J connectivity index is 1.84. The number of aromatic nitrogens is 3. The molecule has 1 amide bonds. The van der Waals surface area contributed by atoms with Crippen LogP contribution in [0.5, 0.6) is 0 Å². The average molecular weight is 439 g/mol. The van der Waals surface area contributed by atoms with Crippen LogP contribution in [0.2, 0.25) is 10.0 Å². The molecule has 0 bridgehead atoms. The molecule has 0 aliphatic heterocycles. The first kappa shape index (κ1) is 20.8. The van der Waals surface area contributed by atoms with Crippen LogP contribution in [0, 0.1) is 6.92 Å². The van der Waals surface area contributed by atoms with Crippen LogP contribution < -0.4 is 10.9 Å². The van der Waals surface area contributed by atoms with Crippen molar-refractivity contribution in [2.75, 3.05) is 11.1 Å². The van der Waals surface area contributed by atoms with E-state index in [1.165, 1.54) is 11.8 Å². The molecule has 0 aliphatic carbocycles. The number of hydrogen-bond acceptors (Lipinski definition) is 4. The molecule has 0 saturated carbocycles. The first-order valence-electron chi connectivity index (χ1n) is 8.79. The van der Waals surface area contributed by atoms with Crippen molar-refractivity contribution in [1.82, 2.24) is 14.5 Å². The van der Waals surface area contributed by atoms with Crippen molar-refractivity contribution in [2.24, 2.45) is 0 Å². The minimum Gasteiger partial charge on any atom is -0.353 e. The number of nitrogens with zero attached hydrogens (tertiary/aromatic N) is 2. The molecule has 0 aliphatic rings. The molecular formula is C19H20Cl2N4O2S. The zero-order valence-electron chi connectivity index (χ0n) is 15.7. The fraction of sp³-hybridized carbons (Fsp3) is 0.316. The third-order valence-electron chi connectivity index (χ3n) is 4.30. The van der Waals surface area contributed by atoms with Crippen LogP contribution in [0.25, 0.3) is 11.0 Å². The largest absolute Gasteiger partial charge is 0.353 e. The highest BCUT2D eigenvalue weighted by molar-refractivity contribution is 7.99. The number of anilines is 1. The molecule has 1 aromatic carbocycles. The van der Waals surface area contributed by atoms with Gasteiger partial charge in [0.05, 0.1) is 11.3 Å². The van der Waals surface area contributed by atoms with E-state index in [-0.39, 0.29) is 23.3 Å². The van der Waals surface area contributed by atoms with Crippen molar-refractivity contribution in [1.29, 1.82) is 0 Å². The zero-order chi connectivity index (χ0) is 20.4. The van der Waals surface area contributed by atoms with Crippen molar-refractivity contribution < 1.29 is 4.79 Å². The molecule has 28 heavy (non-hydrogen) atoms. The van der Waals surface area contributed by atoms with Crippen molar-refractivity contribution >= 4 is 57.6 Å². The summed E-state index contributed by atoms with van der Waals surface area (Å²) in [5, 5.41) is 4.16. The van der Waals surface area contributed by atoms with Crippen molar-refractivity contribution in [3.05, 3.63) is 50.4 Å². The number of aromatic amines is 1. The third kappa shape index (κ3) is 4.54. The number of fused-ring (bicyclic) bond motifs is 1. The second kappa shape index (κ2) is 8.59. The van der Waals surface area contributed by atoms with Gasteiger partial charge in [0.25, 0.3) is 5.56 Å². The molecule has 2 aromatic heterocycles. The normalized spacial score (nSPS) is 12.3.